The molecule has 2 atom stereocenters. The van der Waals surface area contributed by atoms with Crippen LogP contribution in [-0.4, -0.2) is 51.0 Å². The van der Waals surface area contributed by atoms with Crippen molar-refractivity contribution in [1.29, 1.82) is 0 Å². The van der Waals surface area contributed by atoms with Gasteiger partial charge in [-0.25, -0.2) is 8.42 Å². The van der Waals surface area contributed by atoms with Crippen LogP contribution in [0.25, 0.3) is 0 Å². The Labute approximate surface area is 99.1 Å². The van der Waals surface area contributed by atoms with Crippen LogP contribution in [0.3, 0.4) is 0 Å². The van der Waals surface area contributed by atoms with Crippen molar-refractivity contribution in [2.24, 2.45) is 11.7 Å². The van der Waals surface area contributed by atoms with Crippen molar-refractivity contribution < 1.29 is 8.42 Å². The second-order valence-electron chi connectivity index (χ2n) is 4.89. The molecule has 16 heavy (non-hydrogen) atoms. The van der Waals surface area contributed by atoms with Crippen LogP contribution in [0.1, 0.15) is 26.2 Å². The minimum absolute atomic E-state index is 0.205. The normalized spacial score (nSPS) is 26.1. The topological polar surface area (TPSA) is 63.4 Å². The molecule has 0 saturated carbocycles. The molecule has 4 nitrogen and oxygen atoms in total. The van der Waals surface area contributed by atoms with Crippen LogP contribution in [0.2, 0.25) is 0 Å². The van der Waals surface area contributed by atoms with E-state index >= 15 is 0 Å². The van der Waals surface area contributed by atoms with Gasteiger partial charge in [0, 0.05) is 12.6 Å². The molecule has 0 radical (unpaired) electrons. The molecule has 0 aliphatic carbocycles. The summed E-state index contributed by atoms with van der Waals surface area (Å²) in [4.78, 5) is 2.18. The van der Waals surface area contributed by atoms with Gasteiger partial charge in [-0.3, -0.25) is 0 Å². The molecule has 1 aliphatic rings. The van der Waals surface area contributed by atoms with Crippen molar-refractivity contribution in [3.63, 3.8) is 0 Å². The minimum Gasteiger partial charge on any atom is -0.330 e. The van der Waals surface area contributed by atoms with Crippen molar-refractivity contribution in [2.75, 3.05) is 31.6 Å². The van der Waals surface area contributed by atoms with E-state index < -0.39 is 9.84 Å². The molecular weight excluding hydrogens is 224 g/mol. The van der Waals surface area contributed by atoms with Gasteiger partial charge >= 0.3 is 0 Å². The van der Waals surface area contributed by atoms with Gasteiger partial charge in [-0.1, -0.05) is 13.3 Å². The predicted molar refractivity (Wildman–Crippen MR) is 67.1 cm³/mol. The third-order valence-electron chi connectivity index (χ3n) is 3.41. The molecule has 0 aromatic heterocycles. The van der Waals surface area contributed by atoms with E-state index in [0.717, 1.165) is 25.8 Å². The Bertz CT molecular complexity index is 303. The number of hydrogen-bond donors (Lipinski definition) is 1. The minimum atomic E-state index is -2.77. The van der Waals surface area contributed by atoms with Crippen molar-refractivity contribution in [2.45, 2.75) is 32.2 Å². The predicted octanol–water partition coefficient (Wildman–Crippen LogP) is 0.480. The van der Waals surface area contributed by atoms with Crippen LogP contribution in [0.5, 0.6) is 0 Å². The van der Waals surface area contributed by atoms with Crippen molar-refractivity contribution >= 4 is 9.84 Å². The van der Waals surface area contributed by atoms with Gasteiger partial charge in [-0.2, -0.15) is 0 Å². The quantitative estimate of drug-likeness (QED) is 0.742. The van der Waals surface area contributed by atoms with Gasteiger partial charge in [-0.15, -0.1) is 0 Å². The monoisotopic (exact) mass is 248 g/mol. The van der Waals surface area contributed by atoms with Crippen LogP contribution in [0.15, 0.2) is 0 Å². The number of nitrogens with two attached hydrogens (primary N) is 1. The maximum Gasteiger partial charge on any atom is 0.151 e. The zero-order valence-corrected chi connectivity index (χ0v) is 11.2. The van der Waals surface area contributed by atoms with Gasteiger partial charge in [0.05, 0.1) is 11.5 Å². The van der Waals surface area contributed by atoms with Crippen LogP contribution < -0.4 is 5.73 Å². The lowest BCUT2D eigenvalue weighted by Crippen LogP contribution is -2.38. The summed E-state index contributed by atoms with van der Waals surface area (Å²) in [6.07, 6.45) is 3.04. The van der Waals surface area contributed by atoms with E-state index in [1.165, 1.54) is 0 Å². The standard InChI is InChI=1S/C11H24N2O2S/c1-3-4-10(7-12)8-13(2)11-5-6-16(14,15)9-11/h10-11H,3-9,12H2,1-2H3. The molecule has 1 saturated heterocycles. The SMILES string of the molecule is CCCC(CN)CN(C)C1CCS(=O)(=O)C1. The molecular formula is C11H24N2O2S. The first kappa shape index (κ1) is 13.9. The first-order valence-electron chi connectivity index (χ1n) is 6.09. The van der Waals surface area contributed by atoms with E-state index in [-0.39, 0.29) is 6.04 Å². The highest BCUT2D eigenvalue weighted by molar-refractivity contribution is 7.91. The summed E-state index contributed by atoms with van der Waals surface area (Å²) < 4.78 is 22.8. The van der Waals surface area contributed by atoms with E-state index in [2.05, 4.69) is 11.8 Å². The van der Waals surface area contributed by atoms with E-state index in [9.17, 15) is 8.42 Å². The van der Waals surface area contributed by atoms with Gasteiger partial charge in [0.15, 0.2) is 9.84 Å². The molecule has 0 aromatic rings. The van der Waals surface area contributed by atoms with E-state index in [4.69, 9.17) is 5.73 Å². The number of rotatable bonds is 6. The van der Waals surface area contributed by atoms with Gasteiger partial charge in [0.2, 0.25) is 0 Å². The first-order valence-corrected chi connectivity index (χ1v) is 7.91. The molecule has 96 valence electrons. The summed E-state index contributed by atoms with van der Waals surface area (Å²) in [7, 11) is -0.751. The van der Waals surface area contributed by atoms with Gasteiger partial charge < -0.3 is 10.6 Å². The van der Waals surface area contributed by atoms with Gasteiger partial charge in [0.25, 0.3) is 0 Å². The fourth-order valence-electron chi connectivity index (χ4n) is 2.37. The summed E-state index contributed by atoms with van der Waals surface area (Å²) in [6, 6.07) is 0.205. The third kappa shape index (κ3) is 4.03. The summed E-state index contributed by atoms with van der Waals surface area (Å²) >= 11 is 0. The van der Waals surface area contributed by atoms with E-state index in [1.807, 2.05) is 7.05 Å². The molecule has 0 amide bonds. The largest absolute Gasteiger partial charge is 0.330 e. The molecule has 5 heteroatoms. The Hall–Kier alpha value is -0.130. The van der Waals surface area contributed by atoms with Crippen molar-refractivity contribution in [1.82, 2.24) is 4.90 Å². The first-order chi connectivity index (χ1) is 7.48. The maximum absolute atomic E-state index is 11.4. The molecule has 0 spiro atoms. The Morgan fingerprint density at radius 3 is 2.62 bits per heavy atom. The van der Waals surface area contributed by atoms with Crippen LogP contribution in [-0.2, 0) is 9.84 Å². The van der Waals surface area contributed by atoms with Gasteiger partial charge in [-0.05, 0) is 32.4 Å². The summed E-state index contributed by atoms with van der Waals surface area (Å²) in [5, 5.41) is 0. The molecule has 2 unspecified atom stereocenters. The second kappa shape index (κ2) is 5.98. The average molecular weight is 248 g/mol. The highest BCUT2D eigenvalue weighted by Crippen LogP contribution is 2.18. The Morgan fingerprint density at radius 1 is 1.50 bits per heavy atom. The summed E-state index contributed by atoms with van der Waals surface area (Å²) in [6.45, 7) is 3.77. The second-order valence-corrected chi connectivity index (χ2v) is 7.12. The van der Waals surface area contributed by atoms with Crippen molar-refractivity contribution in [3.8, 4) is 0 Å². The van der Waals surface area contributed by atoms with Crippen LogP contribution in [0.4, 0.5) is 0 Å². The Morgan fingerprint density at radius 2 is 2.19 bits per heavy atom. The fourth-order valence-corrected chi connectivity index (χ4v) is 4.18. The molecule has 0 aromatic carbocycles. The Kier molecular flexibility index (Phi) is 5.21. The zero-order valence-electron chi connectivity index (χ0n) is 10.4. The fraction of sp³-hybridized carbons (Fsp3) is 1.00. The molecule has 0 bridgehead atoms. The maximum atomic E-state index is 11.4. The highest BCUT2D eigenvalue weighted by atomic mass is 32.2. The lowest BCUT2D eigenvalue weighted by molar-refractivity contribution is 0.217. The lowest BCUT2D eigenvalue weighted by atomic mass is 10.0. The van der Waals surface area contributed by atoms with Gasteiger partial charge in [0.1, 0.15) is 0 Å². The highest BCUT2D eigenvalue weighted by Gasteiger charge is 2.31. The molecule has 2 N–H and O–H groups in total. The van der Waals surface area contributed by atoms with E-state index in [1.54, 1.807) is 0 Å². The van der Waals surface area contributed by atoms with E-state index in [0.29, 0.717) is 24.0 Å². The molecule has 1 heterocycles. The average Bonchev–Trinajstić information content (AvgIpc) is 2.58. The zero-order chi connectivity index (χ0) is 12.2. The molecule has 1 fully saturated rings. The van der Waals surface area contributed by atoms with Crippen LogP contribution >= 0.6 is 0 Å². The Balaban J connectivity index is 2.43. The summed E-state index contributed by atoms with van der Waals surface area (Å²) in [5.41, 5.74) is 5.71. The molecule has 1 rings (SSSR count). The number of nitrogens with zero attached hydrogens (tertiary/aromatic N) is 1. The lowest BCUT2D eigenvalue weighted by Gasteiger charge is -2.27. The molecule has 1 aliphatic heterocycles. The number of hydrogen-bond acceptors (Lipinski definition) is 4. The van der Waals surface area contributed by atoms with Crippen molar-refractivity contribution in [3.05, 3.63) is 0 Å². The number of sulfone groups is 1. The van der Waals surface area contributed by atoms with Crippen LogP contribution in [0, 0.1) is 5.92 Å². The summed E-state index contributed by atoms with van der Waals surface area (Å²) in [5.74, 6) is 1.18. The smallest absolute Gasteiger partial charge is 0.151 e. The third-order valence-corrected chi connectivity index (χ3v) is 5.16.